The van der Waals surface area contributed by atoms with Crippen LogP contribution in [-0.4, -0.2) is 33.2 Å². The first-order valence-electron chi connectivity index (χ1n) is 8.66. The van der Waals surface area contributed by atoms with Crippen LogP contribution in [0.1, 0.15) is 36.8 Å². The highest BCUT2D eigenvalue weighted by Gasteiger charge is 2.11. The van der Waals surface area contributed by atoms with E-state index in [0.717, 1.165) is 29.3 Å². The van der Waals surface area contributed by atoms with Crippen LogP contribution in [0.5, 0.6) is 0 Å². The monoisotopic (exact) mass is 384 g/mol. The third-order valence-corrected chi connectivity index (χ3v) is 4.64. The molecular formula is C18H20N6O2S. The number of para-hydroxylation sites is 1. The lowest BCUT2D eigenvalue weighted by Crippen LogP contribution is -2.19. The van der Waals surface area contributed by atoms with E-state index in [1.54, 1.807) is 6.21 Å². The third kappa shape index (κ3) is 5.20. The van der Waals surface area contributed by atoms with Crippen molar-refractivity contribution in [1.82, 2.24) is 20.6 Å². The fraction of sp³-hybridized carbons (Fsp3) is 0.278. The molecule has 2 aromatic heterocycles. The zero-order chi connectivity index (χ0) is 19.1. The Morgan fingerprint density at radius 2 is 2.11 bits per heavy atom. The second-order valence-electron chi connectivity index (χ2n) is 5.91. The predicted molar refractivity (Wildman–Crippen MR) is 106 cm³/mol. The van der Waals surface area contributed by atoms with Gasteiger partial charge in [0.1, 0.15) is 5.01 Å². The van der Waals surface area contributed by atoms with Crippen LogP contribution in [0.2, 0.25) is 0 Å². The number of rotatable bonds is 8. The van der Waals surface area contributed by atoms with Crippen LogP contribution in [0.3, 0.4) is 0 Å². The van der Waals surface area contributed by atoms with Crippen LogP contribution in [0.15, 0.2) is 35.6 Å². The van der Waals surface area contributed by atoms with E-state index in [9.17, 15) is 9.59 Å². The number of aromatic nitrogens is 3. The lowest BCUT2D eigenvalue weighted by atomic mass is 10.2. The van der Waals surface area contributed by atoms with Crippen molar-refractivity contribution in [1.29, 1.82) is 0 Å². The third-order valence-electron chi connectivity index (χ3n) is 3.80. The maximum Gasteiger partial charge on any atom is 0.247 e. The molecule has 140 valence electrons. The van der Waals surface area contributed by atoms with Crippen LogP contribution in [0.25, 0.3) is 10.9 Å². The molecule has 0 spiro atoms. The highest BCUT2D eigenvalue weighted by molar-refractivity contribution is 7.15. The number of H-pyrrole nitrogens is 1. The van der Waals surface area contributed by atoms with Crippen LogP contribution in [0.4, 0.5) is 5.13 Å². The molecule has 0 saturated carbocycles. The molecule has 0 saturated heterocycles. The number of hydrogen-bond acceptors (Lipinski definition) is 6. The molecule has 9 heteroatoms. The lowest BCUT2D eigenvalue weighted by Gasteiger charge is -1.98. The topological polar surface area (TPSA) is 112 Å². The number of carbonyl (C=O) groups excluding carboxylic acids is 2. The van der Waals surface area contributed by atoms with Gasteiger partial charge in [0.2, 0.25) is 16.9 Å². The Labute approximate surface area is 160 Å². The van der Waals surface area contributed by atoms with Crippen LogP contribution in [-0.2, 0) is 16.0 Å². The minimum absolute atomic E-state index is 0.0493. The second kappa shape index (κ2) is 9.04. The Balaban J connectivity index is 1.50. The Morgan fingerprint density at radius 3 is 2.96 bits per heavy atom. The van der Waals surface area contributed by atoms with Gasteiger partial charge in [-0.3, -0.25) is 9.59 Å². The molecule has 0 atom stereocenters. The SMILES string of the molecule is CCCCC(=O)Nc1nnc(CC(=O)N/N=C\c2c[nH]c3ccccc23)s1. The van der Waals surface area contributed by atoms with Crippen molar-refractivity contribution in [2.24, 2.45) is 5.10 Å². The number of carbonyl (C=O) groups is 2. The molecule has 3 aromatic rings. The quantitative estimate of drug-likeness (QED) is 0.409. The molecule has 0 aliphatic heterocycles. The molecule has 0 bridgehead atoms. The summed E-state index contributed by atoms with van der Waals surface area (Å²) in [6, 6.07) is 7.84. The largest absolute Gasteiger partial charge is 0.361 e. The standard InChI is InChI=1S/C18H20N6O2S/c1-2-3-8-15(25)21-18-24-23-17(27-18)9-16(26)22-20-11-12-10-19-14-7-5-4-6-13(12)14/h4-7,10-11,19H,2-3,8-9H2,1H3,(H,22,26)(H,21,24,25)/b20-11-. The van der Waals surface area contributed by atoms with Gasteiger partial charge in [-0.1, -0.05) is 42.9 Å². The number of nitrogens with zero attached hydrogens (tertiary/aromatic N) is 3. The molecule has 2 heterocycles. The molecule has 8 nitrogen and oxygen atoms in total. The number of anilines is 1. The highest BCUT2D eigenvalue weighted by Crippen LogP contribution is 2.17. The fourth-order valence-electron chi connectivity index (χ4n) is 2.45. The predicted octanol–water partition coefficient (Wildman–Crippen LogP) is 2.84. The summed E-state index contributed by atoms with van der Waals surface area (Å²) in [5, 5.41) is 16.4. The zero-order valence-corrected chi connectivity index (χ0v) is 15.7. The number of hydrazone groups is 1. The summed E-state index contributed by atoms with van der Waals surface area (Å²) in [7, 11) is 0. The Kier molecular flexibility index (Phi) is 6.26. The molecule has 0 fully saturated rings. The van der Waals surface area contributed by atoms with Crippen molar-refractivity contribution in [2.45, 2.75) is 32.6 Å². The Bertz CT molecular complexity index is 962. The van der Waals surface area contributed by atoms with Crippen LogP contribution >= 0.6 is 11.3 Å². The molecule has 2 amide bonds. The summed E-state index contributed by atoms with van der Waals surface area (Å²) < 4.78 is 0. The van der Waals surface area contributed by atoms with E-state index < -0.39 is 0 Å². The van der Waals surface area contributed by atoms with Crippen molar-refractivity contribution >= 4 is 45.4 Å². The number of amides is 2. The van der Waals surface area contributed by atoms with Crippen LogP contribution < -0.4 is 10.7 Å². The van der Waals surface area contributed by atoms with Gasteiger partial charge >= 0.3 is 0 Å². The van der Waals surface area contributed by atoms with E-state index in [1.165, 1.54) is 11.3 Å². The summed E-state index contributed by atoms with van der Waals surface area (Å²) in [5.41, 5.74) is 4.38. The molecule has 0 aliphatic rings. The molecule has 0 aliphatic carbocycles. The van der Waals surface area contributed by atoms with E-state index in [1.807, 2.05) is 37.4 Å². The van der Waals surface area contributed by atoms with Crippen molar-refractivity contribution in [3.63, 3.8) is 0 Å². The minimum atomic E-state index is -0.300. The second-order valence-corrected chi connectivity index (χ2v) is 6.97. The van der Waals surface area contributed by atoms with Crippen molar-refractivity contribution in [3.8, 4) is 0 Å². The van der Waals surface area contributed by atoms with E-state index in [4.69, 9.17) is 0 Å². The van der Waals surface area contributed by atoms with Gasteiger partial charge in [-0.05, 0) is 12.5 Å². The van der Waals surface area contributed by atoms with E-state index in [2.05, 4.69) is 31.0 Å². The lowest BCUT2D eigenvalue weighted by molar-refractivity contribution is -0.120. The number of hydrogen-bond donors (Lipinski definition) is 3. The number of aromatic amines is 1. The number of unbranched alkanes of at least 4 members (excludes halogenated alkanes) is 1. The molecule has 3 N–H and O–H groups in total. The molecule has 0 unspecified atom stereocenters. The summed E-state index contributed by atoms with van der Waals surface area (Å²) in [5.74, 6) is -0.390. The Hall–Kier alpha value is -3.07. The van der Waals surface area contributed by atoms with Gasteiger partial charge in [0.05, 0.1) is 12.6 Å². The summed E-state index contributed by atoms with van der Waals surface area (Å²) in [6.07, 6.45) is 5.71. The average molecular weight is 384 g/mol. The van der Waals surface area contributed by atoms with Crippen molar-refractivity contribution in [2.75, 3.05) is 5.32 Å². The van der Waals surface area contributed by atoms with Crippen LogP contribution in [0, 0.1) is 0 Å². The molecular weight excluding hydrogens is 364 g/mol. The first kappa shape index (κ1) is 18.7. The number of nitrogens with one attached hydrogen (secondary N) is 3. The first-order valence-corrected chi connectivity index (χ1v) is 9.47. The van der Waals surface area contributed by atoms with Gasteiger partial charge in [0.25, 0.3) is 0 Å². The number of benzene rings is 1. The van der Waals surface area contributed by atoms with Gasteiger partial charge in [-0.15, -0.1) is 10.2 Å². The van der Waals surface area contributed by atoms with Gasteiger partial charge in [-0.25, -0.2) is 5.43 Å². The molecule has 27 heavy (non-hydrogen) atoms. The average Bonchev–Trinajstić information content (AvgIpc) is 3.27. The zero-order valence-electron chi connectivity index (χ0n) is 14.9. The maximum absolute atomic E-state index is 12.0. The van der Waals surface area contributed by atoms with Gasteiger partial charge in [0.15, 0.2) is 0 Å². The summed E-state index contributed by atoms with van der Waals surface area (Å²) >= 11 is 1.18. The molecule has 3 rings (SSSR count). The van der Waals surface area contributed by atoms with Gasteiger partial charge < -0.3 is 10.3 Å². The highest BCUT2D eigenvalue weighted by atomic mass is 32.1. The smallest absolute Gasteiger partial charge is 0.247 e. The Morgan fingerprint density at radius 1 is 1.26 bits per heavy atom. The molecule has 0 radical (unpaired) electrons. The van der Waals surface area contributed by atoms with Gasteiger partial charge in [0, 0.05) is 29.1 Å². The summed E-state index contributed by atoms with van der Waals surface area (Å²) in [4.78, 5) is 26.8. The first-order chi connectivity index (χ1) is 13.2. The minimum Gasteiger partial charge on any atom is -0.361 e. The summed E-state index contributed by atoms with van der Waals surface area (Å²) in [6.45, 7) is 2.02. The number of fused-ring (bicyclic) bond motifs is 1. The maximum atomic E-state index is 12.0. The normalized spacial score (nSPS) is 11.1. The molecule has 1 aromatic carbocycles. The van der Waals surface area contributed by atoms with E-state index in [-0.39, 0.29) is 18.2 Å². The van der Waals surface area contributed by atoms with E-state index in [0.29, 0.717) is 16.6 Å². The van der Waals surface area contributed by atoms with E-state index >= 15 is 0 Å². The van der Waals surface area contributed by atoms with Gasteiger partial charge in [-0.2, -0.15) is 5.10 Å². The fourth-order valence-corrected chi connectivity index (χ4v) is 3.20. The van der Waals surface area contributed by atoms with Crippen molar-refractivity contribution in [3.05, 3.63) is 41.0 Å². The van der Waals surface area contributed by atoms with Crippen molar-refractivity contribution < 1.29 is 9.59 Å².